The average Bonchev–Trinajstić information content (AvgIpc) is 3.45. The van der Waals surface area contributed by atoms with Crippen molar-refractivity contribution in [3.8, 4) is 0 Å². The summed E-state index contributed by atoms with van der Waals surface area (Å²) in [5.41, 5.74) is 0. The lowest BCUT2D eigenvalue weighted by Gasteiger charge is -2.23. The van der Waals surface area contributed by atoms with E-state index in [4.69, 9.17) is 4.74 Å². The molecule has 5 atom stereocenters. The summed E-state index contributed by atoms with van der Waals surface area (Å²) in [4.78, 5) is 114. The first kappa shape index (κ1) is 40.7. The van der Waals surface area contributed by atoms with Crippen molar-refractivity contribution >= 4 is 53.2 Å². The maximum atomic E-state index is 12.9. The van der Waals surface area contributed by atoms with Gasteiger partial charge < -0.3 is 42.0 Å². The zero-order valence-corrected chi connectivity index (χ0v) is 28.8. The zero-order chi connectivity index (χ0) is 36.8. The second-order valence-electron chi connectivity index (χ2n) is 11.8. The summed E-state index contributed by atoms with van der Waals surface area (Å²) in [5, 5.41) is 18.3. The van der Waals surface area contributed by atoms with Crippen molar-refractivity contribution in [2.24, 2.45) is 0 Å². The number of ether oxygens (including phenoxy) is 1. The van der Waals surface area contributed by atoms with Crippen molar-refractivity contribution in [1.29, 1.82) is 0 Å². The fraction of sp³-hybridized carbons (Fsp3) is 0.700. The minimum Gasteiger partial charge on any atom is -0.369 e. The van der Waals surface area contributed by atoms with Crippen LogP contribution in [0.2, 0.25) is 0 Å². The number of carbonyl (C=O) groups is 9. The molecule has 0 saturated carbocycles. The summed E-state index contributed by atoms with van der Waals surface area (Å²) in [7, 11) is 3.13. The number of likely N-dealkylation sites (N-methyl/N-ethyl adjacent to an activating group) is 2. The molecule has 0 bridgehead atoms. The third-order valence-corrected chi connectivity index (χ3v) is 7.82. The fourth-order valence-corrected chi connectivity index (χ4v) is 5.28. The van der Waals surface area contributed by atoms with Gasteiger partial charge in [0.05, 0.1) is 37.3 Å². The number of likely N-dealkylation sites (tertiary alicyclic amines) is 2. The Hall–Kier alpha value is -4.49. The number of hydrogen-bond acceptors (Lipinski definition) is 12. The zero-order valence-electron chi connectivity index (χ0n) is 28.8. The number of imide groups is 2. The summed E-state index contributed by atoms with van der Waals surface area (Å²) in [6.45, 7) is 6.23. The Morgan fingerprint density at radius 2 is 1.06 bits per heavy atom. The molecule has 0 radical (unpaired) electrons. The molecule has 2 fully saturated rings. The normalized spacial score (nSPS) is 20.0. The van der Waals surface area contributed by atoms with E-state index in [-0.39, 0.29) is 70.0 Å². The summed E-state index contributed by atoms with van der Waals surface area (Å²) in [5.74, 6) is -4.41. The Kier molecular flexibility index (Phi) is 16.2. The molecule has 2 aliphatic heterocycles. The Bertz CT molecular complexity index is 1200. The molecule has 7 N–H and O–H groups in total. The van der Waals surface area contributed by atoms with E-state index in [1.165, 1.54) is 20.8 Å². The minimum atomic E-state index is -0.999. The molecule has 0 aromatic heterocycles. The number of amides is 9. The molecule has 0 aromatic carbocycles. The molecule has 2 aliphatic rings. The predicted molar refractivity (Wildman–Crippen MR) is 171 cm³/mol. The van der Waals surface area contributed by atoms with Gasteiger partial charge >= 0.3 is 0 Å². The van der Waals surface area contributed by atoms with Crippen LogP contribution in [0, 0.1) is 0 Å². The predicted octanol–water partition coefficient (Wildman–Crippen LogP) is -3.69. The van der Waals surface area contributed by atoms with Crippen LogP contribution in [-0.4, -0.2) is 133 Å². The van der Waals surface area contributed by atoms with E-state index < -0.39 is 77.9 Å². The quantitative estimate of drug-likeness (QED) is 0.0480. The van der Waals surface area contributed by atoms with E-state index in [9.17, 15) is 43.2 Å². The summed E-state index contributed by atoms with van der Waals surface area (Å²) >= 11 is 0. The van der Waals surface area contributed by atoms with Gasteiger partial charge in [-0.1, -0.05) is 0 Å². The molecule has 19 heteroatoms. The molecule has 0 spiro atoms. The van der Waals surface area contributed by atoms with E-state index in [0.29, 0.717) is 0 Å². The number of hydrogen-bond donors (Lipinski definition) is 7. The molecular formula is C30H49N9O10. The average molecular weight is 696 g/mol. The summed E-state index contributed by atoms with van der Waals surface area (Å²) in [6, 6.07) is -2.25. The van der Waals surface area contributed by atoms with E-state index >= 15 is 0 Å². The molecule has 2 saturated heterocycles. The van der Waals surface area contributed by atoms with Crippen LogP contribution in [0.4, 0.5) is 0 Å². The number of nitrogens with one attached hydrogen (secondary N) is 7. The summed E-state index contributed by atoms with van der Waals surface area (Å²) < 4.78 is 5.30. The van der Waals surface area contributed by atoms with Crippen LogP contribution < -0.4 is 37.2 Å². The second-order valence-corrected chi connectivity index (χ2v) is 11.8. The van der Waals surface area contributed by atoms with Gasteiger partial charge in [-0.3, -0.25) is 53.0 Å². The number of carbonyl (C=O) groups excluding carboxylic acids is 9. The van der Waals surface area contributed by atoms with Crippen molar-refractivity contribution in [2.75, 3.05) is 33.8 Å². The van der Waals surface area contributed by atoms with E-state index in [1.807, 2.05) is 0 Å². The molecule has 0 aliphatic carbocycles. The SMILES string of the molecule is CCOC(C)C(=O)NC(CC(=O)NC(C)NC(=O)CCN1C(=O)CC(NC)C1=O)CC(=O)NC(C)NC(=O)CCN1C(=O)CC(NC)C1=O. The van der Waals surface area contributed by atoms with Crippen LogP contribution >= 0.6 is 0 Å². The highest BCUT2D eigenvalue weighted by Crippen LogP contribution is 2.14. The maximum absolute atomic E-state index is 12.9. The highest BCUT2D eigenvalue weighted by Gasteiger charge is 2.38. The molecule has 9 amide bonds. The van der Waals surface area contributed by atoms with Gasteiger partial charge in [0.15, 0.2) is 0 Å². The van der Waals surface area contributed by atoms with E-state index in [0.717, 1.165) is 9.80 Å². The number of nitrogens with zero attached hydrogens (tertiary/aromatic N) is 2. The van der Waals surface area contributed by atoms with E-state index in [2.05, 4.69) is 37.2 Å². The first-order chi connectivity index (χ1) is 23.1. The highest BCUT2D eigenvalue weighted by atomic mass is 16.5. The van der Waals surface area contributed by atoms with Crippen LogP contribution in [-0.2, 0) is 47.9 Å². The van der Waals surface area contributed by atoms with Crippen molar-refractivity contribution in [3.63, 3.8) is 0 Å². The highest BCUT2D eigenvalue weighted by molar-refractivity contribution is 6.06. The lowest BCUT2D eigenvalue weighted by atomic mass is 10.1. The van der Waals surface area contributed by atoms with Crippen LogP contribution in [0.3, 0.4) is 0 Å². The molecule has 2 rings (SSSR count). The maximum Gasteiger partial charge on any atom is 0.249 e. The molecule has 2 heterocycles. The van der Waals surface area contributed by atoms with Gasteiger partial charge in [-0.15, -0.1) is 0 Å². The van der Waals surface area contributed by atoms with Gasteiger partial charge in [0.1, 0.15) is 6.10 Å². The number of rotatable bonds is 20. The smallest absolute Gasteiger partial charge is 0.249 e. The van der Waals surface area contributed by atoms with Gasteiger partial charge in [0.2, 0.25) is 53.2 Å². The van der Waals surface area contributed by atoms with Crippen LogP contribution in [0.25, 0.3) is 0 Å². The monoisotopic (exact) mass is 695 g/mol. The van der Waals surface area contributed by atoms with Gasteiger partial charge in [-0.05, 0) is 41.8 Å². The Morgan fingerprint density at radius 1 is 0.673 bits per heavy atom. The van der Waals surface area contributed by atoms with Crippen molar-refractivity contribution < 1.29 is 47.9 Å². The third-order valence-electron chi connectivity index (χ3n) is 7.82. The summed E-state index contributed by atoms with van der Waals surface area (Å²) in [6.07, 6.45) is -3.64. The molecular weight excluding hydrogens is 646 g/mol. The minimum absolute atomic E-state index is 0.0129. The Balaban J connectivity index is 1.88. The first-order valence-corrected chi connectivity index (χ1v) is 16.2. The lowest BCUT2D eigenvalue weighted by molar-refractivity contribution is -0.141. The standard InChI is InChI=1S/C30H49N9O10/c1-7-49-16(2)28(46)37-19(12-24(42)35-17(3)33-22(40)8-10-38-26(44)14-20(31-5)29(38)47)13-25(43)36-18(4)34-23(41)9-11-39-27(45)15-21(32-6)30(39)48/h16-21,31-32H,7-15H2,1-6H3,(H,33,40)(H,34,41)(H,35,42)(H,36,43)(H,37,46). The molecule has 19 nitrogen and oxygen atoms in total. The van der Waals surface area contributed by atoms with Gasteiger partial charge in [0, 0.05) is 51.4 Å². The van der Waals surface area contributed by atoms with Gasteiger partial charge in [-0.2, -0.15) is 0 Å². The first-order valence-electron chi connectivity index (χ1n) is 16.2. The Morgan fingerprint density at radius 3 is 1.41 bits per heavy atom. The Labute approximate surface area is 284 Å². The van der Waals surface area contributed by atoms with Crippen molar-refractivity contribution in [2.45, 2.75) is 103 Å². The van der Waals surface area contributed by atoms with Crippen LogP contribution in [0.5, 0.6) is 0 Å². The molecule has 49 heavy (non-hydrogen) atoms. The van der Waals surface area contributed by atoms with E-state index in [1.54, 1.807) is 21.0 Å². The van der Waals surface area contributed by atoms with Crippen molar-refractivity contribution in [1.82, 2.24) is 47.0 Å². The topological polar surface area (TPSA) is 254 Å². The van der Waals surface area contributed by atoms with Crippen LogP contribution in [0.15, 0.2) is 0 Å². The lowest BCUT2D eigenvalue weighted by Crippen LogP contribution is -2.51. The largest absolute Gasteiger partial charge is 0.369 e. The molecule has 274 valence electrons. The van der Waals surface area contributed by atoms with Gasteiger partial charge in [-0.25, -0.2) is 0 Å². The molecule has 0 aromatic rings. The van der Waals surface area contributed by atoms with Gasteiger partial charge in [0.25, 0.3) is 0 Å². The van der Waals surface area contributed by atoms with Crippen LogP contribution in [0.1, 0.15) is 66.2 Å². The van der Waals surface area contributed by atoms with Crippen molar-refractivity contribution in [3.05, 3.63) is 0 Å². The fourth-order valence-electron chi connectivity index (χ4n) is 5.28. The molecule has 5 unspecified atom stereocenters. The second kappa shape index (κ2) is 19.5. The third kappa shape index (κ3) is 12.8.